The minimum atomic E-state index is -3.68. The van der Waals surface area contributed by atoms with Gasteiger partial charge in [-0.05, 0) is 30.7 Å². The molecule has 0 aromatic heterocycles. The van der Waals surface area contributed by atoms with Crippen LogP contribution >= 0.6 is 0 Å². The van der Waals surface area contributed by atoms with Crippen molar-refractivity contribution >= 4 is 15.9 Å². The first-order chi connectivity index (χ1) is 8.27. The molecule has 5 nitrogen and oxygen atoms in total. The number of nitrogens with zero attached hydrogens (tertiary/aromatic N) is 1. The maximum atomic E-state index is 11.4. The van der Waals surface area contributed by atoms with Crippen LogP contribution in [0.4, 0.5) is 0 Å². The van der Waals surface area contributed by atoms with Gasteiger partial charge in [-0.25, -0.2) is 13.6 Å². The Morgan fingerprint density at radius 1 is 1.39 bits per heavy atom. The van der Waals surface area contributed by atoms with Gasteiger partial charge in [-0.15, -0.1) is 0 Å². The third-order valence-electron chi connectivity index (χ3n) is 2.79. The van der Waals surface area contributed by atoms with Gasteiger partial charge < -0.3 is 4.90 Å². The number of carbonyl (C=O) groups is 1. The van der Waals surface area contributed by atoms with E-state index in [0.717, 1.165) is 5.56 Å². The molecule has 0 fully saturated rings. The minimum absolute atomic E-state index is 0.0520. The summed E-state index contributed by atoms with van der Waals surface area (Å²) in [6.45, 7) is 5.26. The van der Waals surface area contributed by atoms with Gasteiger partial charge in [-0.1, -0.05) is 18.7 Å². The summed E-state index contributed by atoms with van der Waals surface area (Å²) >= 11 is 0. The molecule has 0 saturated carbocycles. The summed E-state index contributed by atoms with van der Waals surface area (Å²) in [5.74, 6) is -0.196. The average Bonchev–Trinajstić information content (AvgIpc) is 2.35. The van der Waals surface area contributed by atoms with Crippen LogP contribution in [-0.4, -0.2) is 26.3 Å². The van der Waals surface area contributed by atoms with Crippen LogP contribution in [0.5, 0.6) is 0 Å². The molecule has 1 amide bonds. The molecule has 0 heterocycles. The molecule has 0 aliphatic rings. The van der Waals surface area contributed by atoms with Crippen LogP contribution in [0.25, 0.3) is 0 Å². The van der Waals surface area contributed by atoms with Crippen molar-refractivity contribution in [2.45, 2.75) is 17.9 Å². The van der Waals surface area contributed by atoms with Gasteiger partial charge in [0.05, 0.1) is 10.9 Å². The summed E-state index contributed by atoms with van der Waals surface area (Å²) in [6, 6.07) is 5.94. The summed E-state index contributed by atoms with van der Waals surface area (Å²) < 4.78 is 22.2. The fraction of sp³-hybridized carbons (Fsp3) is 0.250. The van der Waals surface area contributed by atoms with E-state index in [9.17, 15) is 13.2 Å². The lowest BCUT2D eigenvalue weighted by Gasteiger charge is -2.24. The number of nitrogens with two attached hydrogens (primary N) is 1. The molecular weight excluding hydrogens is 252 g/mol. The third kappa shape index (κ3) is 3.18. The Morgan fingerprint density at radius 2 is 1.89 bits per heavy atom. The van der Waals surface area contributed by atoms with Crippen molar-refractivity contribution in [1.82, 2.24) is 4.90 Å². The number of likely N-dealkylation sites (N-methyl/N-ethyl adjacent to an activating group) is 1. The van der Waals surface area contributed by atoms with E-state index < -0.39 is 10.0 Å². The SMILES string of the molecule is C=CC(=O)N(C)C(C)c1ccc(S(N)(=O)=O)cc1. The molecule has 0 radical (unpaired) electrons. The van der Waals surface area contributed by atoms with E-state index in [4.69, 9.17) is 5.14 Å². The van der Waals surface area contributed by atoms with Gasteiger partial charge in [0, 0.05) is 7.05 Å². The molecule has 18 heavy (non-hydrogen) atoms. The molecule has 2 N–H and O–H groups in total. The Bertz CT molecular complexity index is 549. The molecule has 1 aromatic rings. The number of rotatable bonds is 4. The third-order valence-corrected chi connectivity index (χ3v) is 3.72. The second-order valence-corrected chi connectivity index (χ2v) is 5.50. The molecule has 0 aliphatic heterocycles. The molecule has 0 bridgehead atoms. The highest BCUT2D eigenvalue weighted by atomic mass is 32.2. The molecule has 1 atom stereocenters. The molecular formula is C12H16N2O3S. The van der Waals surface area contributed by atoms with Gasteiger partial charge in [-0.2, -0.15) is 0 Å². The Kier molecular flexibility index (Phi) is 4.26. The van der Waals surface area contributed by atoms with E-state index in [-0.39, 0.29) is 16.8 Å². The van der Waals surface area contributed by atoms with Gasteiger partial charge in [-0.3, -0.25) is 4.79 Å². The maximum absolute atomic E-state index is 11.4. The van der Waals surface area contributed by atoms with Crippen molar-refractivity contribution in [3.63, 3.8) is 0 Å². The highest BCUT2D eigenvalue weighted by molar-refractivity contribution is 7.89. The predicted octanol–water partition coefficient (Wildman–Crippen LogP) is 1.04. The Labute approximate surface area is 107 Å². The van der Waals surface area contributed by atoms with Crippen LogP contribution in [0.3, 0.4) is 0 Å². The number of benzene rings is 1. The number of sulfonamides is 1. The zero-order valence-electron chi connectivity index (χ0n) is 10.3. The van der Waals surface area contributed by atoms with Gasteiger partial charge in [0.2, 0.25) is 15.9 Å². The summed E-state index contributed by atoms with van der Waals surface area (Å²) in [4.78, 5) is 13.0. The second-order valence-electron chi connectivity index (χ2n) is 3.94. The smallest absolute Gasteiger partial charge is 0.246 e. The van der Waals surface area contributed by atoms with E-state index >= 15 is 0 Å². The topological polar surface area (TPSA) is 80.5 Å². The fourth-order valence-electron chi connectivity index (χ4n) is 1.49. The second kappa shape index (κ2) is 5.32. The summed E-state index contributed by atoms with van der Waals surface area (Å²) in [5.41, 5.74) is 0.820. The van der Waals surface area contributed by atoms with Gasteiger partial charge in [0.15, 0.2) is 0 Å². The van der Waals surface area contributed by atoms with E-state index in [0.29, 0.717) is 0 Å². The van der Waals surface area contributed by atoms with Gasteiger partial charge in [0.25, 0.3) is 0 Å². The summed E-state index contributed by atoms with van der Waals surface area (Å²) in [7, 11) is -2.03. The van der Waals surface area contributed by atoms with Crippen LogP contribution in [0, 0.1) is 0 Å². The van der Waals surface area contributed by atoms with E-state index in [2.05, 4.69) is 6.58 Å². The summed E-state index contributed by atoms with van der Waals surface area (Å²) in [6.07, 6.45) is 1.23. The number of amides is 1. The molecule has 0 saturated heterocycles. The largest absolute Gasteiger partial charge is 0.335 e. The number of carbonyl (C=O) groups excluding carboxylic acids is 1. The van der Waals surface area contributed by atoms with E-state index in [1.165, 1.54) is 23.1 Å². The molecule has 98 valence electrons. The van der Waals surface area contributed by atoms with Crippen LogP contribution < -0.4 is 5.14 Å². The fourth-order valence-corrected chi connectivity index (χ4v) is 2.01. The van der Waals surface area contributed by atoms with Crippen molar-refractivity contribution in [2.24, 2.45) is 5.14 Å². The van der Waals surface area contributed by atoms with Crippen LogP contribution in [0.1, 0.15) is 18.5 Å². The molecule has 0 aliphatic carbocycles. The van der Waals surface area contributed by atoms with Crippen molar-refractivity contribution in [2.75, 3.05) is 7.05 Å². The first-order valence-corrected chi connectivity index (χ1v) is 6.84. The molecule has 1 unspecified atom stereocenters. The van der Waals surface area contributed by atoms with Crippen molar-refractivity contribution < 1.29 is 13.2 Å². The maximum Gasteiger partial charge on any atom is 0.246 e. The zero-order chi connectivity index (χ0) is 13.9. The lowest BCUT2D eigenvalue weighted by molar-refractivity contribution is -0.126. The van der Waals surface area contributed by atoms with Gasteiger partial charge in [0.1, 0.15) is 0 Å². The minimum Gasteiger partial charge on any atom is -0.335 e. The number of hydrogen-bond acceptors (Lipinski definition) is 3. The van der Waals surface area contributed by atoms with E-state index in [1.807, 2.05) is 6.92 Å². The highest BCUT2D eigenvalue weighted by Gasteiger charge is 2.16. The summed E-state index contributed by atoms with van der Waals surface area (Å²) in [5, 5.41) is 5.01. The predicted molar refractivity (Wildman–Crippen MR) is 69.2 cm³/mol. The first kappa shape index (κ1) is 14.4. The van der Waals surface area contributed by atoms with Crippen LogP contribution in [0.15, 0.2) is 41.8 Å². The molecule has 1 rings (SSSR count). The van der Waals surface area contributed by atoms with Crippen molar-refractivity contribution in [3.05, 3.63) is 42.5 Å². The lowest BCUT2D eigenvalue weighted by Crippen LogP contribution is -2.27. The Balaban J connectivity index is 2.99. The van der Waals surface area contributed by atoms with Crippen LogP contribution in [0.2, 0.25) is 0 Å². The number of hydrogen-bond donors (Lipinski definition) is 1. The van der Waals surface area contributed by atoms with Gasteiger partial charge >= 0.3 is 0 Å². The Morgan fingerprint density at radius 3 is 2.28 bits per heavy atom. The normalized spacial score (nSPS) is 12.8. The Hall–Kier alpha value is -1.66. The molecule has 1 aromatic carbocycles. The monoisotopic (exact) mass is 268 g/mol. The standard InChI is InChI=1S/C12H16N2O3S/c1-4-12(15)14(3)9(2)10-5-7-11(8-6-10)18(13,16)17/h4-9H,1H2,2-3H3,(H2,13,16,17). The highest BCUT2D eigenvalue weighted by Crippen LogP contribution is 2.20. The molecule has 0 spiro atoms. The van der Waals surface area contributed by atoms with Crippen molar-refractivity contribution in [1.29, 1.82) is 0 Å². The van der Waals surface area contributed by atoms with E-state index in [1.54, 1.807) is 19.2 Å². The van der Waals surface area contributed by atoms with Crippen LogP contribution in [-0.2, 0) is 14.8 Å². The zero-order valence-corrected chi connectivity index (χ0v) is 11.1. The lowest BCUT2D eigenvalue weighted by atomic mass is 10.1. The van der Waals surface area contributed by atoms with Crippen molar-refractivity contribution in [3.8, 4) is 0 Å². The first-order valence-electron chi connectivity index (χ1n) is 5.29. The molecule has 6 heteroatoms. The quantitative estimate of drug-likeness (QED) is 0.828. The average molecular weight is 268 g/mol. The number of primary sulfonamides is 1.